The molecule has 0 bridgehead atoms. The molecule has 0 aliphatic carbocycles. The third kappa shape index (κ3) is 2.00. The molecule has 1 heterocycles. The molecular formula is C12H11FN2O. The Labute approximate surface area is 92.5 Å². The lowest BCUT2D eigenvalue weighted by Gasteiger charge is -1.99. The standard InChI is InChI=1S/C12H11FN2O/c1-9-10(5-6-16)8-15(14-9)12-4-2-3-11(13)7-12/h2-4,6-8H,5H2,1H3. The van der Waals surface area contributed by atoms with Crippen LogP contribution in [0.15, 0.2) is 30.5 Å². The van der Waals surface area contributed by atoms with Gasteiger partial charge in [0.25, 0.3) is 0 Å². The van der Waals surface area contributed by atoms with E-state index in [0.29, 0.717) is 12.1 Å². The Hall–Kier alpha value is -1.97. The van der Waals surface area contributed by atoms with Crippen molar-refractivity contribution in [3.8, 4) is 5.69 Å². The molecule has 0 saturated carbocycles. The van der Waals surface area contributed by atoms with Gasteiger partial charge >= 0.3 is 0 Å². The van der Waals surface area contributed by atoms with Crippen molar-refractivity contribution >= 4 is 6.29 Å². The SMILES string of the molecule is Cc1nn(-c2cccc(F)c2)cc1CC=O. The van der Waals surface area contributed by atoms with Crippen LogP contribution in [0.25, 0.3) is 5.69 Å². The monoisotopic (exact) mass is 218 g/mol. The lowest BCUT2D eigenvalue weighted by molar-refractivity contribution is -0.107. The summed E-state index contributed by atoms with van der Waals surface area (Å²) in [5, 5.41) is 4.23. The van der Waals surface area contributed by atoms with Crippen LogP contribution in [0.1, 0.15) is 11.3 Å². The molecule has 1 aromatic carbocycles. The minimum Gasteiger partial charge on any atom is -0.303 e. The highest BCUT2D eigenvalue weighted by molar-refractivity contribution is 5.55. The summed E-state index contributed by atoms with van der Waals surface area (Å²) in [6, 6.07) is 6.17. The molecule has 2 aromatic rings. The van der Waals surface area contributed by atoms with Gasteiger partial charge in [0.1, 0.15) is 12.1 Å². The molecular weight excluding hydrogens is 207 g/mol. The molecule has 0 spiro atoms. The van der Waals surface area contributed by atoms with Gasteiger partial charge in [0.05, 0.1) is 11.4 Å². The van der Waals surface area contributed by atoms with E-state index in [0.717, 1.165) is 17.5 Å². The van der Waals surface area contributed by atoms with Crippen LogP contribution in [0, 0.1) is 12.7 Å². The van der Waals surface area contributed by atoms with Crippen molar-refractivity contribution in [3.05, 3.63) is 47.5 Å². The van der Waals surface area contributed by atoms with Gasteiger partial charge in [-0.25, -0.2) is 9.07 Å². The van der Waals surface area contributed by atoms with Crippen molar-refractivity contribution in [2.24, 2.45) is 0 Å². The van der Waals surface area contributed by atoms with E-state index in [-0.39, 0.29) is 5.82 Å². The van der Waals surface area contributed by atoms with E-state index in [1.54, 1.807) is 23.0 Å². The first-order valence-corrected chi connectivity index (χ1v) is 4.95. The maximum atomic E-state index is 13.0. The predicted octanol–water partition coefficient (Wildman–Crippen LogP) is 2.06. The van der Waals surface area contributed by atoms with Crippen LogP contribution in [-0.4, -0.2) is 16.1 Å². The van der Waals surface area contributed by atoms with Crippen molar-refractivity contribution in [2.45, 2.75) is 13.3 Å². The second-order valence-electron chi connectivity index (χ2n) is 3.53. The number of hydrogen-bond donors (Lipinski definition) is 0. The van der Waals surface area contributed by atoms with Gasteiger partial charge in [0.2, 0.25) is 0 Å². The van der Waals surface area contributed by atoms with E-state index < -0.39 is 0 Å². The molecule has 0 aliphatic rings. The number of benzene rings is 1. The van der Waals surface area contributed by atoms with Gasteiger partial charge in [-0.05, 0) is 25.1 Å². The second-order valence-corrected chi connectivity index (χ2v) is 3.53. The van der Waals surface area contributed by atoms with Gasteiger partial charge < -0.3 is 4.79 Å². The highest BCUT2D eigenvalue weighted by Crippen LogP contribution is 2.12. The normalized spacial score (nSPS) is 10.4. The molecule has 0 saturated heterocycles. The Balaban J connectivity index is 2.41. The van der Waals surface area contributed by atoms with Crippen molar-refractivity contribution in [1.29, 1.82) is 0 Å². The van der Waals surface area contributed by atoms with Crippen LogP contribution in [0.5, 0.6) is 0 Å². The fourth-order valence-corrected chi connectivity index (χ4v) is 1.54. The number of hydrogen-bond acceptors (Lipinski definition) is 2. The molecule has 1 aromatic heterocycles. The maximum Gasteiger partial charge on any atom is 0.125 e. The predicted molar refractivity (Wildman–Crippen MR) is 58.0 cm³/mol. The van der Waals surface area contributed by atoms with Gasteiger partial charge in [-0.15, -0.1) is 0 Å². The molecule has 82 valence electrons. The Morgan fingerprint density at radius 3 is 3.00 bits per heavy atom. The molecule has 0 aliphatic heterocycles. The minimum absolute atomic E-state index is 0.303. The van der Waals surface area contributed by atoms with Crippen LogP contribution in [-0.2, 0) is 11.2 Å². The minimum atomic E-state index is -0.303. The summed E-state index contributed by atoms with van der Waals surface area (Å²) in [6.07, 6.45) is 2.92. The maximum absolute atomic E-state index is 13.0. The molecule has 0 N–H and O–H groups in total. The van der Waals surface area contributed by atoms with Crippen molar-refractivity contribution in [3.63, 3.8) is 0 Å². The Morgan fingerprint density at radius 1 is 1.50 bits per heavy atom. The third-order valence-corrected chi connectivity index (χ3v) is 2.38. The van der Waals surface area contributed by atoms with Gasteiger partial charge in [0, 0.05) is 18.2 Å². The smallest absolute Gasteiger partial charge is 0.125 e. The van der Waals surface area contributed by atoms with Crippen LogP contribution < -0.4 is 0 Å². The fourth-order valence-electron chi connectivity index (χ4n) is 1.54. The molecule has 16 heavy (non-hydrogen) atoms. The molecule has 0 unspecified atom stereocenters. The average Bonchev–Trinajstić information content (AvgIpc) is 2.61. The molecule has 4 heteroatoms. The zero-order valence-corrected chi connectivity index (χ0v) is 8.85. The topological polar surface area (TPSA) is 34.9 Å². The van der Waals surface area contributed by atoms with Crippen LogP contribution in [0.4, 0.5) is 4.39 Å². The Bertz CT molecular complexity index is 519. The van der Waals surface area contributed by atoms with E-state index in [4.69, 9.17) is 0 Å². The van der Waals surface area contributed by atoms with E-state index >= 15 is 0 Å². The van der Waals surface area contributed by atoms with Gasteiger partial charge in [-0.3, -0.25) is 0 Å². The number of nitrogens with zero attached hydrogens (tertiary/aromatic N) is 2. The first-order valence-electron chi connectivity index (χ1n) is 4.95. The fraction of sp³-hybridized carbons (Fsp3) is 0.167. The number of halogens is 1. The zero-order valence-electron chi connectivity index (χ0n) is 8.85. The number of aldehydes is 1. The lowest BCUT2D eigenvalue weighted by atomic mass is 10.2. The van der Waals surface area contributed by atoms with E-state index in [1.807, 2.05) is 6.92 Å². The number of carbonyl (C=O) groups is 1. The van der Waals surface area contributed by atoms with E-state index in [9.17, 15) is 9.18 Å². The zero-order chi connectivity index (χ0) is 11.5. The highest BCUT2D eigenvalue weighted by atomic mass is 19.1. The summed E-state index contributed by atoms with van der Waals surface area (Å²) in [5.41, 5.74) is 2.30. The largest absolute Gasteiger partial charge is 0.303 e. The molecule has 0 atom stereocenters. The lowest BCUT2D eigenvalue weighted by Crippen LogP contribution is -1.95. The first-order chi connectivity index (χ1) is 7.70. The molecule has 0 fully saturated rings. The molecule has 3 nitrogen and oxygen atoms in total. The summed E-state index contributed by atoms with van der Waals surface area (Å²) in [7, 11) is 0. The summed E-state index contributed by atoms with van der Waals surface area (Å²) >= 11 is 0. The third-order valence-electron chi connectivity index (χ3n) is 2.38. The Morgan fingerprint density at radius 2 is 2.31 bits per heavy atom. The van der Waals surface area contributed by atoms with Gasteiger partial charge in [-0.2, -0.15) is 5.10 Å². The number of rotatable bonds is 3. The average molecular weight is 218 g/mol. The quantitative estimate of drug-likeness (QED) is 0.739. The Kier molecular flexibility index (Phi) is 2.81. The second kappa shape index (κ2) is 4.26. The summed E-state index contributed by atoms with van der Waals surface area (Å²) in [5.74, 6) is -0.303. The van der Waals surface area contributed by atoms with E-state index in [2.05, 4.69) is 5.10 Å². The van der Waals surface area contributed by atoms with Crippen molar-refractivity contribution < 1.29 is 9.18 Å². The van der Waals surface area contributed by atoms with Crippen LogP contribution in [0.3, 0.4) is 0 Å². The molecule has 2 rings (SSSR count). The number of aryl methyl sites for hydroxylation is 1. The van der Waals surface area contributed by atoms with Crippen molar-refractivity contribution in [2.75, 3.05) is 0 Å². The number of carbonyl (C=O) groups excluding carboxylic acids is 1. The summed E-state index contributed by atoms with van der Waals surface area (Å²) in [6.45, 7) is 1.83. The summed E-state index contributed by atoms with van der Waals surface area (Å²) < 4.78 is 14.6. The van der Waals surface area contributed by atoms with Crippen LogP contribution in [0.2, 0.25) is 0 Å². The summed E-state index contributed by atoms with van der Waals surface area (Å²) in [4.78, 5) is 10.4. The van der Waals surface area contributed by atoms with Gasteiger partial charge in [0.15, 0.2) is 0 Å². The first kappa shape index (κ1) is 10.5. The highest BCUT2D eigenvalue weighted by Gasteiger charge is 2.06. The van der Waals surface area contributed by atoms with Crippen molar-refractivity contribution in [1.82, 2.24) is 9.78 Å². The van der Waals surface area contributed by atoms with E-state index in [1.165, 1.54) is 12.1 Å². The van der Waals surface area contributed by atoms with Crippen LogP contribution >= 0.6 is 0 Å². The molecule has 0 amide bonds. The molecule has 0 radical (unpaired) electrons. The van der Waals surface area contributed by atoms with Gasteiger partial charge in [-0.1, -0.05) is 6.07 Å². The number of aromatic nitrogens is 2.